The first-order chi connectivity index (χ1) is 14.5. The molecule has 4 nitrogen and oxygen atoms in total. The summed E-state index contributed by atoms with van der Waals surface area (Å²) in [6, 6.07) is 11.6. The van der Waals surface area contributed by atoms with Crippen LogP contribution < -0.4 is 4.74 Å². The van der Waals surface area contributed by atoms with Crippen molar-refractivity contribution in [1.82, 2.24) is 4.90 Å². The third kappa shape index (κ3) is 4.10. The number of furan rings is 1. The van der Waals surface area contributed by atoms with E-state index in [0.29, 0.717) is 16.7 Å². The molecule has 2 aromatic carbocycles. The molecule has 1 atom stereocenters. The number of nitrogens with zero attached hydrogens (tertiary/aromatic N) is 1. The molecule has 1 amide bonds. The van der Waals surface area contributed by atoms with Gasteiger partial charge in [-0.15, -0.1) is 0 Å². The second kappa shape index (κ2) is 8.57. The van der Waals surface area contributed by atoms with Crippen molar-refractivity contribution in [2.24, 2.45) is 5.92 Å². The molecule has 30 heavy (non-hydrogen) atoms. The number of ether oxygens (including phenoxy) is 1. The Morgan fingerprint density at radius 1 is 1.27 bits per heavy atom. The van der Waals surface area contributed by atoms with Crippen LogP contribution in [-0.4, -0.2) is 31.0 Å². The van der Waals surface area contributed by atoms with E-state index in [4.69, 9.17) is 20.8 Å². The topological polar surface area (TPSA) is 42.7 Å². The molecule has 3 aromatic rings. The molecule has 0 saturated carbocycles. The summed E-state index contributed by atoms with van der Waals surface area (Å²) in [5.74, 6) is 1.30. The molecule has 1 fully saturated rings. The molecule has 0 spiro atoms. The molecule has 156 valence electrons. The van der Waals surface area contributed by atoms with E-state index in [1.165, 1.54) is 6.42 Å². The monoisotopic (exact) mass is 423 g/mol. The van der Waals surface area contributed by atoms with Crippen molar-refractivity contribution >= 4 is 34.1 Å². The molecule has 1 aromatic heterocycles. The minimum absolute atomic E-state index is 0.0614. The van der Waals surface area contributed by atoms with Gasteiger partial charge in [-0.1, -0.05) is 30.7 Å². The van der Waals surface area contributed by atoms with Gasteiger partial charge in [0, 0.05) is 46.8 Å². The highest BCUT2D eigenvalue weighted by Crippen LogP contribution is 2.37. The number of piperidine rings is 1. The lowest BCUT2D eigenvalue weighted by Gasteiger charge is -2.30. The number of benzene rings is 2. The van der Waals surface area contributed by atoms with Gasteiger partial charge < -0.3 is 14.1 Å². The van der Waals surface area contributed by atoms with Crippen molar-refractivity contribution < 1.29 is 13.9 Å². The smallest absolute Gasteiger partial charge is 0.246 e. The Kier molecular flexibility index (Phi) is 5.87. The van der Waals surface area contributed by atoms with Crippen LogP contribution in [0.15, 0.2) is 53.2 Å². The van der Waals surface area contributed by atoms with Gasteiger partial charge in [0.25, 0.3) is 0 Å². The van der Waals surface area contributed by atoms with Crippen LogP contribution in [-0.2, 0) is 4.79 Å². The number of allylic oxidation sites excluding steroid dienone is 1. The first-order valence-corrected chi connectivity index (χ1v) is 10.7. The van der Waals surface area contributed by atoms with Gasteiger partial charge in [-0.05, 0) is 55.0 Å². The van der Waals surface area contributed by atoms with Crippen LogP contribution in [0.3, 0.4) is 0 Å². The second-order valence-corrected chi connectivity index (χ2v) is 8.50. The zero-order valence-corrected chi connectivity index (χ0v) is 18.3. The van der Waals surface area contributed by atoms with Crippen LogP contribution in [0.4, 0.5) is 0 Å². The molecule has 0 N–H and O–H groups in total. The molecule has 0 radical (unpaired) electrons. The summed E-state index contributed by atoms with van der Waals surface area (Å²) >= 11 is 6.04. The molecular formula is C25H26ClNO3. The maximum atomic E-state index is 12.8. The highest BCUT2D eigenvalue weighted by atomic mass is 35.5. The van der Waals surface area contributed by atoms with Gasteiger partial charge >= 0.3 is 0 Å². The van der Waals surface area contributed by atoms with Crippen LogP contribution in [0.5, 0.6) is 5.75 Å². The van der Waals surface area contributed by atoms with E-state index in [-0.39, 0.29) is 5.91 Å². The lowest BCUT2D eigenvalue weighted by atomic mass is 9.98. The molecule has 1 unspecified atom stereocenters. The summed E-state index contributed by atoms with van der Waals surface area (Å²) in [4.78, 5) is 14.8. The van der Waals surface area contributed by atoms with Crippen molar-refractivity contribution in [2.75, 3.05) is 20.2 Å². The van der Waals surface area contributed by atoms with E-state index < -0.39 is 0 Å². The van der Waals surface area contributed by atoms with Crippen LogP contribution in [0.25, 0.3) is 27.7 Å². The number of methoxy groups -OCH3 is 1. The molecule has 2 heterocycles. The number of carbonyl (C=O) groups is 1. The lowest BCUT2D eigenvalue weighted by Crippen LogP contribution is -2.38. The Bertz CT molecular complexity index is 1100. The number of hydrogen-bond donors (Lipinski definition) is 0. The van der Waals surface area contributed by atoms with Crippen molar-refractivity contribution in [1.29, 1.82) is 0 Å². The summed E-state index contributed by atoms with van der Waals surface area (Å²) in [6.45, 7) is 5.80. The number of halogens is 1. The zero-order chi connectivity index (χ0) is 21.3. The van der Waals surface area contributed by atoms with Crippen LogP contribution in [0.2, 0.25) is 5.02 Å². The van der Waals surface area contributed by atoms with Crippen molar-refractivity contribution in [3.63, 3.8) is 0 Å². The number of fused-ring (bicyclic) bond motifs is 1. The van der Waals surface area contributed by atoms with Crippen molar-refractivity contribution in [2.45, 2.75) is 26.7 Å². The quantitative estimate of drug-likeness (QED) is 0.454. The highest BCUT2D eigenvalue weighted by Gasteiger charge is 2.20. The average Bonchev–Trinajstić information content (AvgIpc) is 3.16. The van der Waals surface area contributed by atoms with Gasteiger partial charge in [0.15, 0.2) is 0 Å². The standard InChI is InChI=1S/C25H26ClNO3/c1-16-5-4-10-27(14-16)25(28)11-17(2)20-12-21-22(18-6-8-19(26)9-7-18)15-30-24(21)13-23(20)29-3/h6-9,11-13,15-16H,4-5,10,14H2,1-3H3/b17-11+. The molecular weight excluding hydrogens is 398 g/mol. The van der Waals surface area contributed by atoms with E-state index in [9.17, 15) is 4.79 Å². The predicted molar refractivity (Wildman–Crippen MR) is 122 cm³/mol. The zero-order valence-electron chi connectivity index (χ0n) is 17.6. The molecule has 4 rings (SSSR count). The number of carbonyl (C=O) groups excluding carboxylic acids is 1. The number of amides is 1. The Morgan fingerprint density at radius 2 is 2.03 bits per heavy atom. The summed E-state index contributed by atoms with van der Waals surface area (Å²) in [5.41, 5.74) is 4.51. The molecule has 1 aliphatic heterocycles. The van der Waals surface area contributed by atoms with Crippen molar-refractivity contribution in [3.05, 3.63) is 59.3 Å². The Labute approximate surface area is 182 Å². The maximum absolute atomic E-state index is 12.8. The maximum Gasteiger partial charge on any atom is 0.246 e. The summed E-state index contributed by atoms with van der Waals surface area (Å²) < 4.78 is 11.4. The minimum atomic E-state index is 0.0614. The molecule has 5 heteroatoms. The first kappa shape index (κ1) is 20.5. The van der Waals surface area contributed by atoms with Crippen LogP contribution in [0.1, 0.15) is 32.3 Å². The molecule has 1 saturated heterocycles. The van der Waals surface area contributed by atoms with Gasteiger partial charge in [-0.3, -0.25) is 4.79 Å². The fourth-order valence-corrected chi connectivity index (χ4v) is 4.25. The Balaban J connectivity index is 1.72. The average molecular weight is 424 g/mol. The van der Waals surface area contributed by atoms with Gasteiger partial charge in [-0.25, -0.2) is 0 Å². The highest BCUT2D eigenvalue weighted by molar-refractivity contribution is 6.30. The van der Waals surface area contributed by atoms with E-state index in [1.54, 1.807) is 19.4 Å². The lowest BCUT2D eigenvalue weighted by molar-refractivity contribution is -0.127. The van der Waals surface area contributed by atoms with Crippen molar-refractivity contribution in [3.8, 4) is 16.9 Å². The predicted octanol–water partition coefficient (Wildman–Crippen LogP) is 6.42. The third-order valence-electron chi connectivity index (χ3n) is 5.78. The molecule has 1 aliphatic rings. The second-order valence-electron chi connectivity index (χ2n) is 8.06. The molecule has 0 aliphatic carbocycles. The Morgan fingerprint density at radius 3 is 2.73 bits per heavy atom. The summed E-state index contributed by atoms with van der Waals surface area (Å²) in [6.07, 6.45) is 5.72. The first-order valence-electron chi connectivity index (χ1n) is 10.3. The van der Waals surface area contributed by atoms with Gasteiger partial charge in [0.2, 0.25) is 5.91 Å². The van der Waals surface area contributed by atoms with Gasteiger partial charge in [0.1, 0.15) is 11.3 Å². The summed E-state index contributed by atoms with van der Waals surface area (Å²) in [5, 5.41) is 1.66. The van der Waals surface area contributed by atoms with E-state index >= 15 is 0 Å². The minimum Gasteiger partial charge on any atom is -0.496 e. The van der Waals surface area contributed by atoms with Crippen LogP contribution >= 0.6 is 11.6 Å². The fourth-order valence-electron chi connectivity index (χ4n) is 4.13. The number of rotatable bonds is 4. The van der Waals surface area contributed by atoms with Gasteiger partial charge in [0.05, 0.1) is 13.4 Å². The molecule has 0 bridgehead atoms. The number of hydrogen-bond acceptors (Lipinski definition) is 3. The van der Waals surface area contributed by atoms with Crippen LogP contribution in [0, 0.1) is 5.92 Å². The largest absolute Gasteiger partial charge is 0.496 e. The SMILES string of the molecule is COc1cc2occ(-c3ccc(Cl)cc3)c2cc1/C(C)=C/C(=O)N1CCCC(C)C1. The number of likely N-dealkylation sites (tertiary alicyclic amines) is 1. The normalized spacial score (nSPS) is 17.4. The van der Waals surface area contributed by atoms with E-state index in [1.807, 2.05) is 48.2 Å². The fraction of sp³-hybridized carbons (Fsp3) is 0.320. The van der Waals surface area contributed by atoms with E-state index in [2.05, 4.69) is 6.92 Å². The Hall–Kier alpha value is -2.72. The van der Waals surface area contributed by atoms with E-state index in [0.717, 1.165) is 52.7 Å². The van der Waals surface area contributed by atoms with Gasteiger partial charge in [-0.2, -0.15) is 0 Å². The summed E-state index contributed by atoms with van der Waals surface area (Å²) in [7, 11) is 1.63. The third-order valence-corrected chi connectivity index (χ3v) is 6.04.